The maximum absolute atomic E-state index is 2.36. The fourth-order valence-electron chi connectivity index (χ4n) is 6.26. The molecule has 0 fully saturated rings. The molecule has 0 aliphatic carbocycles. The first-order chi connectivity index (χ1) is 21.6. The van der Waals surface area contributed by atoms with E-state index < -0.39 is 0 Å². The van der Waals surface area contributed by atoms with Gasteiger partial charge in [0.1, 0.15) is 13.1 Å². The highest BCUT2D eigenvalue weighted by molar-refractivity contribution is 5.13. The molecule has 2 nitrogen and oxygen atoms in total. The van der Waals surface area contributed by atoms with Gasteiger partial charge in [-0.05, 0) is 19.3 Å². The van der Waals surface area contributed by atoms with Crippen LogP contribution in [-0.2, 0) is 13.1 Å². The molecule has 0 aliphatic rings. The highest BCUT2D eigenvalue weighted by Crippen LogP contribution is 2.15. The summed E-state index contributed by atoms with van der Waals surface area (Å²) in [5.41, 5.74) is 1.46. The highest BCUT2D eigenvalue weighted by atomic mass is 79.9. The van der Waals surface area contributed by atoms with Gasteiger partial charge < -0.3 is 33.9 Å². The molecule has 0 saturated carbocycles. The molecule has 0 saturated heterocycles. The first kappa shape index (κ1) is 47.2. The van der Waals surface area contributed by atoms with Crippen molar-refractivity contribution in [3.05, 3.63) is 66.5 Å². The lowest BCUT2D eigenvalue weighted by Crippen LogP contribution is -3.00. The molecule has 2 rings (SSSR count). The van der Waals surface area contributed by atoms with E-state index in [0.717, 1.165) is 11.0 Å². The fraction of sp³-hybridized carbons (Fsp3) is 0.738. The summed E-state index contributed by atoms with van der Waals surface area (Å²) in [7, 11) is 4.72. The van der Waals surface area contributed by atoms with Crippen LogP contribution in [0, 0.1) is 0 Å². The van der Waals surface area contributed by atoms with Gasteiger partial charge >= 0.3 is 0 Å². The molecule has 0 radical (unpaired) electrons. The van der Waals surface area contributed by atoms with Crippen LogP contribution < -0.4 is 34.0 Å². The Morgan fingerprint density at radius 2 is 0.804 bits per heavy atom. The van der Waals surface area contributed by atoms with Crippen molar-refractivity contribution in [2.75, 3.05) is 20.6 Å². The zero-order valence-electron chi connectivity index (χ0n) is 31.0. The van der Waals surface area contributed by atoms with Crippen molar-refractivity contribution in [2.24, 2.45) is 0 Å². The van der Waals surface area contributed by atoms with E-state index in [9.17, 15) is 0 Å². The normalized spacial score (nSPS) is 10.9. The Kier molecular flexibility index (Phi) is 36.3. The van der Waals surface area contributed by atoms with Gasteiger partial charge in [0.25, 0.3) is 0 Å². The van der Waals surface area contributed by atoms with E-state index in [2.05, 4.69) is 93.4 Å². The topological polar surface area (TPSA) is 3.88 Å². The summed E-state index contributed by atoms with van der Waals surface area (Å²) in [6, 6.07) is 17.2. The number of nitrogens with zero attached hydrogens (tertiary/aromatic N) is 2. The summed E-state index contributed by atoms with van der Waals surface area (Å²) in [6.45, 7) is 8.21. The summed E-state index contributed by atoms with van der Waals surface area (Å²) in [5, 5.41) is 0. The number of hydrogen-bond donors (Lipinski definition) is 0. The number of aromatic nitrogens is 1. The molecule has 0 atom stereocenters. The SMILES string of the molecule is CCCCCCCCCCCCCCCC[n+]1ccccc1.CCCCCCCCCCCC[N+](C)(C)Cc1ccccc1.[Br-].[Cl-]. The molecular formula is C42H76BrClN2. The molecule has 0 spiro atoms. The molecule has 268 valence electrons. The molecule has 0 amide bonds. The lowest BCUT2D eigenvalue weighted by molar-refractivity contribution is -0.903. The van der Waals surface area contributed by atoms with Gasteiger partial charge in [0.2, 0.25) is 0 Å². The largest absolute Gasteiger partial charge is 1.00 e. The van der Waals surface area contributed by atoms with Gasteiger partial charge in [0.05, 0.1) is 20.6 Å². The number of quaternary nitrogens is 1. The number of halogens is 2. The van der Waals surface area contributed by atoms with E-state index in [-0.39, 0.29) is 29.4 Å². The first-order valence-electron chi connectivity index (χ1n) is 19.4. The molecular weight excluding hydrogens is 648 g/mol. The van der Waals surface area contributed by atoms with E-state index in [4.69, 9.17) is 0 Å². The average Bonchev–Trinajstić information content (AvgIpc) is 3.03. The van der Waals surface area contributed by atoms with Crippen molar-refractivity contribution < 1.29 is 38.4 Å². The zero-order chi connectivity index (χ0) is 31.8. The van der Waals surface area contributed by atoms with Gasteiger partial charge in [-0.25, -0.2) is 4.57 Å². The number of unbranched alkanes of at least 4 members (excludes halogenated alkanes) is 22. The van der Waals surface area contributed by atoms with Gasteiger partial charge in [0, 0.05) is 24.1 Å². The van der Waals surface area contributed by atoms with Crippen molar-refractivity contribution in [3.63, 3.8) is 0 Å². The molecule has 0 bridgehead atoms. The maximum atomic E-state index is 2.36. The molecule has 1 aromatic carbocycles. The van der Waals surface area contributed by atoms with Crippen LogP contribution in [0.3, 0.4) is 0 Å². The molecule has 0 N–H and O–H groups in total. The fourth-order valence-corrected chi connectivity index (χ4v) is 6.26. The predicted molar refractivity (Wildman–Crippen MR) is 196 cm³/mol. The van der Waals surface area contributed by atoms with Crippen molar-refractivity contribution in [3.8, 4) is 0 Å². The van der Waals surface area contributed by atoms with Crippen molar-refractivity contribution in [2.45, 2.75) is 181 Å². The summed E-state index contributed by atoms with van der Waals surface area (Å²) in [6.07, 6.45) is 38.7. The van der Waals surface area contributed by atoms with Crippen molar-refractivity contribution >= 4 is 0 Å². The lowest BCUT2D eigenvalue weighted by atomic mass is 10.0. The van der Waals surface area contributed by atoms with Gasteiger partial charge in [0.15, 0.2) is 12.4 Å². The minimum atomic E-state index is 0. The molecule has 1 aromatic heterocycles. The Morgan fingerprint density at radius 3 is 1.22 bits per heavy atom. The number of pyridine rings is 1. The summed E-state index contributed by atoms with van der Waals surface area (Å²) in [5.74, 6) is 0. The lowest BCUT2D eigenvalue weighted by Gasteiger charge is -2.30. The summed E-state index contributed by atoms with van der Waals surface area (Å²) >= 11 is 0. The van der Waals surface area contributed by atoms with E-state index in [0.29, 0.717) is 0 Å². The second kappa shape index (κ2) is 35.4. The van der Waals surface area contributed by atoms with Gasteiger partial charge in [-0.1, -0.05) is 179 Å². The first-order valence-corrected chi connectivity index (χ1v) is 19.4. The monoisotopic (exact) mass is 722 g/mol. The van der Waals surface area contributed by atoms with Crippen LogP contribution in [0.15, 0.2) is 60.9 Å². The van der Waals surface area contributed by atoms with E-state index >= 15 is 0 Å². The molecule has 46 heavy (non-hydrogen) atoms. The second-order valence-corrected chi connectivity index (χ2v) is 14.2. The zero-order valence-corrected chi connectivity index (χ0v) is 33.4. The molecule has 4 heteroatoms. The third kappa shape index (κ3) is 31.7. The predicted octanol–water partition coefficient (Wildman–Crippen LogP) is 6.65. The Hall–Kier alpha value is -0.900. The van der Waals surface area contributed by atoms with Crippen LogP contribution in [0.5, 0.6) is 0 Å². The Bertz CT molecular complexity index is 830. The summed E-state index contributed by atoms with van der Waals surface area (Å²) in [4.78, 5) is 0. The number of benzene rings is 1. The van der Waals surface area contributed by atoms with Crippen LogP contribution >= 0.6 is 0 Å². The van der Waals surface area contributed by atoms with E-state index in [1.807, 2.05) is 0 Å². The number of aryl methyl sites for hydroxylation is 1. The Morgan fingerprint density at radius 1 is 0.457 bits per heavy atom. The quantitative estimate of drug-likeness (QED) is 0.0527. The minimum absolute atomic E-state index is 0. The van der Waals surface area contributed by atoms with Gasteiger partial charge in [-0.3, -0.25) is 0 Å². The molecule has 1 heterocycles. The van der Waals surface area contributed by atoms with Crippen molar-refractivity contribution in [1.82, 2.24) is 0 Å². The number of hydrogen-bond acceptors (Lipinski definition) is 0. The van der Waals surface area contributed by atoms with Crippen LogP contribution in [0.2, 0.25) is 0 Å². The molecule has 0 unspecified atom stereocenters. The van der Waals surface area contributed by atoms with E-state index in [1.54, 1.807) is 0 Å². The van der Waals surface area contributed by atoms with Gasteiger partial charge in [-0.15, -0.1) is 0 Å². The summed E-state index contributed by atoms with van der Waals surface area (Å²) < 4.78 is 3.40. The van der Waals surface area contributed by atoms with Crippen LogP contribution in [0.4, 0.5) is 0 Å². The smallest absolute Gasteiger partial charge is 0.168 e. The second-order valence-electron chi connectivity index (χ2n) is 14.2. The highest BCUT2D eigenvalue weighted by Gasteiger charge is 2.14. The molecule has 2 aromatic rings. The van der Waals surface area contributed by atoms with Crippen LogP contribution in [0.25, 0.3) is 0 Å². The third-order valence-electron chi connectivity index (χ3n) is 9.12. The molecule has 0 aliphatic heterocycles. The Balaban J connectivity index is 0. The van der Waals surface area contributed by atoms with Crippen molar-refractivity contribution in [1.29, 1.82) is 0 Å². The Labute approximate surface area is 305 Å². The third-order valence-corrected chi connectivity index (χ3v) is 9.12. The van der Waals surface area contributed by atoms with Crippen LogP contribution in [0.1, 0.15) is 174 Å². The van der Waals surface area contributed by atoms with E-state index in [1.165, 1.54) is 173 Å². The number of rotatable bonds is 28. The standard InChI is InChI=1S/2C21H38N.BrH.ClH/c1-4-5-6-7-8-9-10-11-12-16-19-22(2,3)20-21-17-14-13-15-18-21;1-2-3-4-5-6-7-8-9-10-11-12-13-14-16-19-22-20-17-15-18-21-22;;/h13-15,17-18H,4-12,16,19-20H2,1-3H3;15,17-18,20-21H,2-14,16,19H2,1H3;2*1H/q2*+1;;/p-2. The minimum Gasteiger partial charge on any atom is -1.00 e. The van der Waals surface area contributed by atoms with Crippen LogP contribution in [-0.4, -0.2) is 25.1 Å². The van der Waals surface area contributed by atoms with Gasteiger partial charge in [-0.2, -0.15) is 0 Å². The average molecular weight is 724 g/mol. The maximum Gasteiger partial charge on any atom is 0.168 e.